The number of benzene rings is 1. The summed E-state index contributed by atoms with van der Waals surface area (Å²) in [7, 11) is 0. The number of fused-ring (bicyclic) bond motifs is 1. The van der Waals surface area contributed by atoms with E-state index in [-0.39, 0.29) is 11.9 Å². The first-order valence-corrected chi connectivity index (χ1v) is 7.54. The number of likely N-dealkylation sites (tertiary alicyclic amines) is 1. The van der Waals surface area contributed by atoms with Gasteiger partial charge in [-0.25, -0.2) is 0 Å². The standard InChI is InChI=1S/C16H23N3O/c17-14(12-4-2-1-3-5-12)11-19-9-8-15-13(10-19)6-7-16(20)18-15/h1-5,13-15H,6-11,17H2,(H,18,20). The molecule has 3 atom stereocenters. The first-order valence-electron chi connectivity index (χ1n) is 7.54. The molecule has 0 bridgehead atoms. The molecule has 2 heterocycles. The maximum Gasteiger partial charge on any atom is 0.220 e. The summed E-state index contributed by atoms with van der Waals surface area (Å²) in [6.07, 6.45) is 2.76. The van der Waals surface area contributed by atoms with Crippen LogP contribution in [0.4, 0.5) is 0 Å². The molecule has 1 amide bonds. The minimum atomic E-state index is 0.0749. The molecular weight excluding hydrogens is 250 g/mol. The van der Waals surface area contributed by atoms with Gasteiger partial charge in [0.1, 0.15) is 0 Å². The maximum absolute atomic E-state index is 11.4. The summed E-state index contributed by atoms with van der Waals surface area (Å²) in [5.41, 5.74) is 7.51. The molecule has 2 aliphatic heterocycles. The molecule has 0 aromatic heterocycles. The molecule has 2 aliphatic rings. The van der Waals surface area contributed by atoms with Crippen LogP contribution in [0.2, 0.25) is 0 Å². The average molecular weight is 273 g/mol. The molecule has 3 rings (SSSR count). The lowest BCUT2D eigenvalue weighted by molar-refractivity contribution is -0.125. The van der Waals surface area contributed by atoms with E-state index in [0.717, 1.165) is 32.5 Å². The molecule has 1 aromatic rings. The van der Waals surface area contributed by atoms with Crippen LogP contribution in [0.1, 0.15) is 30.9 Å². The summed E-state index contributed by atoms with van der Waals surface area (Å²) in [5, 5.41) is 3.13. The lowest BCUT2D eigenvalue weighted by Gasteiger charge is -2.42. The zero-order valence-corrected chi connectivity index (χ0v) is 11.8. The van der Waals surface area contributed by atoms with Gasteiger partial charge in [-0.3, -0.25) is 4.79 Å². The summed E-state index contributed by atoms with van der Waals surface area (Å²) in [4.78, 5) is 13.9. The van der Waals surface area contributed by atoms with Crippen molar-refractivity contribution in [2.24, 2.45) is 11.7 Å². The number of carbonyl (C=O) groups is 1. The molecule has 3 N–H and O–H groups in total. The number of piperidine rings is 2. The molecule has 4 heteroatoms. The second kappa shape index (κ2) is 5.94. The van der Waals surface area contributed by atoms with Gasteiger partial charge in [0.2, 0.25) is 5.91 Å². The quantitative estimate of drug-likeness (QED) is 0.872. The molecule has 0 radical (unpaired) electrons. The smallest absolute Gasteiger partial charge is 0.220 e. The van der Waals surface area contributed by atoms with Crippen LogP contribution in [0.25, 0.3) is 0 Å². The third-order valence-electron chi connectivity index (χ3n) is 4.59. The number of nitrogens with one attached hydrogen (secondary N) is 1. The number of carbonyl (C=O) groups excluding carboxylic acids is 1. The number of hydrogen-bond donors (Lipinski definition) is 2. The molecular formula is C16H23N3O. The van der Waals surface area contributed by atoms with Gasteiger partial charge in [0.15, 0.2) is 0 Å². The number of amides is 1. The first kappa shape index (κ1) is 13.6. The highest BCUT2D eigenvalue weighted by Crippen LogP contribution is 2.26. The summed E-state index contributed by atoms with van der Waals surface area (Å²) in [5.74, 6) is 0.824. The van der Waals surface area contributed by atoms with E-state index in [0.29, 0.717) is 18.4 Å². The van der Waals surface area contributed by atoms with E-state index >= 15 is 0 Å². The van der Waals surface area contributed by atoms with Crippen molar-refractivity contribution in [2.45, 2.75) is 31.3 Å². The van der Waals surface area contributed by atoms with Crippen LogP contribution in [0, 0.1) is 5.92 Å². The Morgan fingerprint density at radius 2 is 2.10 bits per heavy atom. The molecule has 0 saturated carbocycles. The maximum atomic E-state index is 11.4. The second-order valence-corrected chi connectivity index (χ2v) is 6.04. The molecule has 108 valence electrons. The summed E-state index contributed by atoms with van der Waals surface area (Å²) in [6.45, 7) is 2.99. The van der Waals surface area contributed by atoms with Gasteiger partial charge in [0, 0.05) is 38.1 Å². The van der Waals surface area contributed by atoms with E-state index in [2.05, 4.69) is 22.3 Å². The Bertz CT molecular complexity index is 462. The normalized spacial score (nSPS) is 28.6. The number of rotatable bonds is 3. The Kier molecular flexibility index (Phi) is 4.03. The van der Waals surface area contributed by atoms with Crippen molar-refractivity contribution in [3.63, 3.8) is 0 Å². The van der Waals surface area contributed by atoms with Gasteiger partial charge in [0.25, 0.3) is 0 Å². The summed E-state index contributed by atoms with van der Waals surface area (Å²) < 4.78 is 0. The van der Waals surface area contributed by atoms with Gasteiger partial charge in [0.05, 0.1) is 0 Å². The van der Waals surface area contributed by atoms with E-state index < -0.39 is 0 Å². The Labute approximate surface area is 120 Å². The van der Waals surface area contributed by atoms with E-state index in [1.165, 1.54) is 5.56 Å². The third-order valence-corrected chi connectivity index (χ3v) is 4.59. The van der Waals surface area contributed by atoms with Crippen molar-refractivity contribution < 1.29 is 4.79 Å². The highest BCUT2D eigenvalue weighted by atomic mass is 16.1. The molecule has 1 aromatic carbocycles. The van der Waals surface area contributed by atoms with Crippen LogP contribution >= 0.6 is 0 Å². The Balaban J connectivity index is 1.56. The topological polar surface area (TPSA) is 58.4 Å². The highest BCUT2D eigenvalue weighted by molar-refractivity contribution is 5.77. The van der Waals surface area contributed by atoms with Crippen LogP contribution in [0.15, 0.2) is 30.3 Å². The van der Waals surface area contributed by atoms with Crippen molar-refractivity contribution in [1.82, 2.24) is 10.2 Å². The zero-order chi connectivity index (χ0) is 13.9. The van der Waals surface area contributed by atoms with Crippen LogP contribution in [0.3, 0.4) is 0 Å². The predicted octanol–water partition coefficient (Wildman–Crippen LogP) is 1.29. The molecule has 2 saturated heterocycles. The highest BCUT2D eigenvalue weighted by Gasteiger charge is 2.33. The molecule has 3 unspecified atom stereocenters. The third kappa shape index (κ3) is 3.02. The molecule has 0 spiro atoms. The molecule has 20 heavy (non-hydrogen) atoms. The fraction of sp³-hybridized carbons (Fsp3) is 0.562. The van der Waals surface area contributed by atoms with Gasteiger partial charge < -0.3 is 16.0 Å². The average Bonchev–Trinajstić information content (AvgIpc) is 2.48. The predicted molar refractivity (Wildman–Crippen MR) is 79.1 cm³/mol. The lowest BCUT2D eigenvalue weighted by Crippen LogP contribution is -2.54. The van der Waals surface area contributed by atoms with Gasteiger partial charge in [-0.05, 0) is 24.3 Å². The van der Waals surface area contributed by atoms with Gasteiger partial charge in [-0.15, -0.1) is 0 Å². The minimum Gasteiger partial charge on any atom is -0.353 e. The van der Waals surface area contributed by atoms with Crippen molar-refractivity contribution in [2.75, 3.05) is 19.6 Å². The largest absolute Gasteiger partial charge is 0.353 e. The summed E-state index contributed by atoms with van der Waals surface area (Å²) >= 11 is 0. The van der Waals surface area contributed by atoms with Gasteiger partial charge >= 0.3 is 0 Å². The van der Waals surface area contributed by atoms with E-state index in [4.69, 9.17) is 5.73 Å². The first-order chi connectivity index (χ1) is 9.72. The fourth-order valence-electron chi connectivity index (χ4n) is 3.44. The van der Waals surface area contributed by atoms with E-state index in [1.807, 2.05) is 18.2 Å². The van der Waals surface area contributed by atoms with Gasteiger partial charge in [-0.2, -0.15) is 0 Å². The summed E-state index contributed by atoms with van der Waals surface area (Å²) in [6, 6.07) is 10.8. The monoisotopic (exact) mass is 273 g/mol. The zero-order valence-electron chi connectivity index (χ0n) is 11.8. The second-order valence-electron chi connectivity index (χ2n) is 6.04. The fourth-order valence-corrected chi connectivity index (χ4v) is 3.44. The van der Waals surface area contributed by atoms with Crippen molar-refractivity contribution in [3.05, 3.63) is 35.9 Å². The number of nitrogens with two attached hydrogens (primary N) is 1. The van der Waals surface area contributed by atoms with Crippen LogP contribution < -0.4 is 11.1 Å². The van der Waals surface area contributed by atoms with Crippen LogP contribution in [-0.4, -0.2) is 36.5 Å². The van der Waals surface area contributed by atoms with Crippen LogP contribution in [-0.2, 0) is 4.79 Å². The van der Waals surface area contributed by atoms with E-state index in [1.54, 1.807) is 0 Å². The van der Waals surface area contributed by atoms with Crippen molar-refractivity contribution >= 4 is 5.91 Å². The minimum absolute atomic E-state index is 0.0749. The lowest BCUT2D eigenvalue weighted by atomic mass is 9.85. The molecule has 0 aliphatic carbocycles. The molecule has 4 nitrogen and oxygen atoms in total. The van der Waals surface area contributed by atoms with Gasteiger partial charge in [-0.1, -0.05) is 30.3 Å². The SMILES string of the molecule is NC(CN1CCC2NC(=O)CCC2C1)c1ccccc1. The van der Waals surface area contributed by atoms with E-state index in [9.17, 15) is 4.79 Å². The molecule has 2 fully saturated rings. The van der Waals surface area contributed by atoms with Crippen LogP contribution in [0.5, 0.6) is 0 Å². The Morgan fingerprint density at radius 3 is 2.90 bits per heavy atom. The van der Waals surface area contributed by atoms with Crippen molar-refractivity contribution in [3.8, 4) is 0 Å². The Hall–Kier alpha value is -1.39. The number of hydrogen-bond acceptors (Lipinski definition) is 3. The number of nitrogens with zero attached hydrogens (tertiary/aromatic N) is 1. The Morgan fingerprint density at radius 1 is 1.30 bits per heavy atom. The van der Waals surface area contributed by atoms with Crippen molar-refractivity contribution in [1.29, 1.82) is 0 Å².